The molecule has 108 valence electrons. The first-order chi connectivity index (χ1) is 8.53. The summed E-state index contributed by atoms with van der Waals surface area (Å²) in [5, 5.41) is 0. The highest BCUT2D eigenvalue weighted by atomic mass is 16.1. The summed E-state index contributed by atoms with van der Waals surface area (Å²) in [6.07, 6.45) is 4.70. The van der Waals surface area contributed by atoms with E-state index >= 15 is 0 Å². The van der Waals surface area contributed by atoms with Crippen molar-refractivity contribution in [3.05, 3.63) is 24.3 Å². The summed E-state index contributed by atoms with van der Waals surface area (Å²) in [6.45, 7) is 19.7. The molecule has 1 aliphatic rings. The van der Waals surface area contributed by atoms with E-state index in [2.05, 4.69) is 48.1 Å². The van der Waals surface area contributed by atoms with Gasteiger partial charge in [0.05, 0.1) is 0 Å². The average Bonchev–Trinajstić information content (AvgIpc) is 2.22. The van der Waals surface area contributed by atoms with E-state index in [-0.39, 0.29) is 22.5 Å². The molecule has 0 N–H and O–H groups in total. The van der Waals surface area contributed by atoms with Crippen LogP contribution in [0.3, 0.4) is 0 Å². The molecule has 0 aromatic heterocycles. The maximum absolute atomic E-state index is 12.5. The van der Waals surface area contributed by atoms with Crippen LogP contribution >= 0.6 is 0 Å². The lowest BCUT2D eigenvalue weighted by Gasteiger charge is -2.51. The molecule has 0 spiro atoms. The smallest absolute Gasteiger partial charge is 0.163 e. The van der Waals surface area contributed by atoms with E-state index in [1.807, 2.05) is 13.0 Å². The fourth-order valence-electron chi connectivity index (χ4n) is 3.49. The SMILES string of the molecule is C=C1C(C(C)(C)C)CC(C)C(C)(C)C1C(=O)/C=C/C. The molecule has 1 aliphatic carbocycles. The van der Waals surface area contributed by atoms with E-state index in [1.54, 1.807) is 6.08 Å². The van der Waals surface area contributed by atoms with Crippen LogP contribution in [0.5, 0.6) is 0 Å². The average molecular weight is 262 g/mol. The van der Waals surface area contributed by atoms with Crippen LogP contribution in [0.1, 0.15) is 54.9 Å². The fraction of sp³-hybridized carbons (Fsp3) is 0.722. The zero-order valence-electron chi connectivity index (χ0n) is 13.7. The maximum Gasteiger partial charge on any atom is 0.163 e. The summed E-state index contributed by atoms with van der Waals surface area (Å²) in [4.78, 5) is 12.5. The first-order valence-electron chi connectivity index (χ1n) is 7.38. The van der Waals surface area contributed by atoms with Crippen molar-refractivity contribution in [2.24, 2.45) is 28.6 Å². The van der Waals surface area contributed by atoms with Crippen LogP contribution in [0.2, 0.25) is 0 Å². The minimum Gasteiger partial charge on any atom is -0.294 e. The molecule has 0 bridgehead atoms. The van der Waals surface area contributed by atoms with E-state index in [0.29, 0.717) is 11.8 Å². The van der Waals surface area contributed by atoms with Crippen molar-refractivity contribution in [3.63, 3.8) is 0 Å². The minimum absolute atomic E-state index is 0.00454. The summed E-state index contributed by atoms with van der Waals surface area (Å²) >= 11 is 0. The van der Waals surface area contributed by atoms with Crippen molar-refractivity contribution in [3.8, 4) is 0 Å². The molecule has 1 rings (SSSR count). The van der Waals surface area contributed by atoms with Gasteiger partial charge in [-0.15, -0.1) is 0 Å². The van der Waals surface area contributed by atoms with Crippen LogP contribution in [0, 0.1) is 28.6 Å². The summed E-state index contributed by atoms with van der Waals surface area (Å²) in [7, 11) is 0. The number of hydrogen-bond acceptors (Lipinski definition) is 1. The Morgan fingerprint density at radius 1 is 1.37 bits per heavy atom. The third-order valence-electron chi connectivity index (χ3n) is 5.08. The molecule has 3 atom stereocenters. The molecule has 0 radical (unpaired) electrons. The predicted molar refractivity (Wildman–Crippen MR) is 83.0 cm³/mol. The van der Waals surface area contributed by atoms with Crippen LogP contribution in [-0.2, 0) is 4.79 Å². The van der Waals surface area contributed by atoms with Crippen molar-refractivity contribution >= 4 is 5.78 Å². The van der Waals surface area contributed by atoms with Gasteiger partial charge in [0.2, 0.25) is 0 Å². The van der Waals surface area contributed by atoms with Gasteiger partial charge in [-0.25, -0.2) is 0 Å². The molecule has 1 heteroatoms. The Morgan fingerprint density at radius 2 is 1.89 bits per heavy atom. The normalized spacial score (nSPS) is 31.7. The van der Waals surface area contributed by atoms with Crippen LogP contribution in [0.15, 0.2) is 24.3 Å². The summed E-state index contributed by atoms with van der Waals surface area (Å²) in [5.41, 5.74) is 1.31. The van der Waals surface area contributed by atoms with Gasteiger partial charge < -0.3 is 0 Å². The molecule has 1 fully saturated rings. The van der Waals surface area contributed by atoms with Gasteiger partial charge in [0.1, 0.15) is 0 Å². The third kappa shape index (κ3) is 3.01. The van der Waals surface area contributed by atoms with E-state index in [0.717, 1.165) is 12.0 Å². The van der Waals surface area contributed by atoms with Crippen LogP contribution in [0.4, 0.5) is 0 Å². The molecule has 0 aromatic carbocycles. The number of hydrogen-bond donors (Lipinski definition) is 0. The van der Waals surface area contributed by atoms with Gasteiger partial charge in [-0.05, 0) is 42.1 Å². The van der Waals surface area contributed by atoms with Gasteiger partial charge in [0.15, 0.2) is 5.78 Å². The highest BCUT2D eigenvalue weighted by Crippen LogP contribution is 2.54. The number of carbonyl (C=O) groups is 1. The van der Waals surface area contributed by atoms with Gasteiger partial charge in [0.25, 0.3) is 0 Å². The quantitative estimate of drug-likeness (QED) is 0.504. The van der Waals surface area contributed by atoms with Gasteiger partial charge in [-0.2, -0.15) is 0 Å². The zero-order chi connectivity index (χ0) is 15.0. The monoisotopic (exact) mass is 262 g/mol. The second-order valence-corrected chi connectivity index (χ2v) is 7.79. The molecule has 0 heterocycles. The standard InChI is InChI=1S/C18H30O/c1-9-10-15(19)16-13(3)14(17(4,5)6)11-12(2)18(16,7)8/h9-10,12,14,16H,3,11H2,1-2,4-8H3/b10-9+. The Labute approximate surface area is 119 Å². The number of rotatable bonds is 2. The fourth-order valence-corrected chi connectivity index (χ4v) is 3.49. The molecular formula is C18H30O. The molecular weight excluding hydrogens is 232 g/mol. The van der Waals surface area contributed by atoms with Crippen molar-refractivity contribution in [1.82, 2.24) is 0 Å². The van der Waals surface area contributed by atoms with E-state index in [4.69, 9.17) is 0 Å². The second kappa shape index (κ2) is 5.26. The van der Waals surface area contributed by atoms with E-state index < -0.39 is 0 Å². The van der Waals surface area contributed by atoms with Gasteiger partial charge in [0, 0.05) is 5.92 Å². The third-order valence-corrected chi connectivity index (χ3v) is 5.08. The summed E-state index contributed by atoms with van der Waals surface area (Å²) in [6, 6.07) is 0. The number of allylic oxidation sites excluding steroid dienone is 3. The Kier molecular flexibility index (Phi) is 4.49. The summed E-state index contributed by atoms with van der Waals surface area (Å²) < 4.78 is 0. The van der Waals surface area contributed by atoms with Gasteiger partial charge >= 0.3 is 0 Å². The molecule has 3 unspecified atom stereocenters. The molecule has 0 amide bonds. The number of carbonyl (C=O) groups excluding carboxylic acids is 1. The topological polar surface area (TPSA) is 17.1 Å². The van der Waals surface area contributed by atoms with Gasteiger partial charge in [-0.1, -0.05) is 59.8 Å². The second-order valence-electron chi connectivity index (χ2n) is 7.79. The summed E-state index contributed by atoms with van der Waals surface area (Å²) in [5.74, 6) is 1.13. The lowest BCUT2D eigenvalue weighted by Crippen LogP contribution is -2.46. The molecule has 0 aromatic rings. The van der Waals surface area contributed by atoms with E-state index in [1.165, 1.54) is 0 Å². The van der Waals surface area contributed by atoms with Crippen LogP contribution < -0.4 is 0 Å². The van der Waals surface area contributed by atoms with Crippen LogP contribution in [-0.4, -0.2) is 5.78 Å². The van der Waals surface area contributed by atoms with Crippen LogP contribution in [0.25, 0.3) is 0 Å². The van der Waals surface area contributed by atoms with Crippen molar-refractivity contribution in [1.29, 1.82) is 0 Å². The first kappa shape index (κ1) is 16.2. The number of ketones is 1. The zero-order valence-corrected chi connectivity index (χ0v) is 13.7. The minimum atomic E-state index is -0.0447. The Morgan fingerprint density at radius 3 is 2.32 bits per heavy atom. The Bertz CT molecular complexity index is 392. The maximum atomic E-state index is 12.5. The lowest BCUT2D eigenvalue weighted by atomic mass is 9.53. The molecule has 0 saturated heterocycles. The lowest BCUT2D eigenvalue weighted by molar-refractivity contribution is -0.123. The molecule has 1 saturated carbocycles. The molecule has 19 heavy (non-hydrogen) atoms. The van der Waals surface area contributed by atoms with Gasteiger partial charge in [-0.3, -0.25) is 4.79 Å². The predicted octanol–water partition coefficient (Wildman–Crippen LogP) is 5.03. The largest absolute Gasteiger partial charge is 0.294 e. The molecule has 1 nitrogen and oxygen atoms in total. The first-order valence-corrected chi connectivity index (χ1v) is 7.38. The molecule has 0 aliphatic heterocycles. The van der Waals surface area contributed by atoms with Crippen molar-refractivity contribution in [2.75, 3.05) is 0 Å². The van der Waals surface area contributed by atoms with E-state index in [9.17, 15) is 4.79 Å². The highest BCUT2D eigenvalue weighted by molar-refractivity contribution is 5.94. The highest BCUT2D eigenvalue weighted by Gasteiger charge is 2.48. The van der Waals surface area contributed by atoms with Crippen molar-refractivity contribution < 1.29 is 4.79 Å². The van der Waals surface area contributed by atoms with Crippen molar-refractivity contribution in [2.45, 2.75) is 54.9 Å². The Hall–Kier alpha value is -0.850. The Balaban J connectivity index is 3.22.